The second kappa shape index (κ2) is 4.45. The second-order valence-electron chi connectivity index (χ2n) is 3.19. The smallest absolute Gasteiger partial charge is 0.132 e. The van der Waals surface area contributed by atoms with Crippen LogP contribution >= 0.6 is 12.6 Å². The summed E-state index contributed by atoms with van der Waals surface area (Å²) in [4.78, 5) is 4.14. The van der Waals surface area contributed by atoms with Gasteiger partial charge in [0.05, 0.1) is 5.69 Å². The van der Waals surface area contributed by atoms with Crippen molar-refractivity contribution in [1.82, 2.24) is 4.98 Å². The van der Waals surface area contributed by atoms with E-state index in [-0.39, 0.29) is 5.82 Å². The molecule has 2 rings (SSSR count). The zero-order chi connectivity index (χ0) is 10.7. The van der Waals surface area contributed by atoms with Gasteiger partial charge in [-0.05, 0) is 29.8 Å². The minimum atomic E-state index is -0.249. The molecule has 0 N–H and O–H groups in total. The summed E-state index contributed by atoms with van der Waals surface area (Å²) >= 11 is 4.17. The average molecular weight is 219 g/mol. The minimum absolute atomic E-state index is 0.249. The summed E-state index contributed by atoms with van der Waals surface area (Å²) in [6.45, 7) is 0. The monoisotopic (exact) mass is 219 g/mol. The van der Waals surface area contributed by atoms with E-state index in [1.54, 1.807) is 24.4 Å². The Hall–Kier alpha value is -1.35. The molecule has 0 amide bonds. The van der Waals surface area contributed by atoms with Crippen LogP contribution < -0.4 is 0 Å². The Bertz CT molecular complexity index is 471. The molecular formula is C12H10FNS. The molecule has 0 spiro atoms. The molecule has 0 aliphatic rings. The lowest BCUT2D eigenvalue weighted by Crippen LogP contribution is -1.89. The fourth-order valence-corrected chi connectivity index (χ4v) is 1.59. The Balaban J connectivity index is 2.49. The van der Waals surface area contributed by atoms with E-state index < -0.39 is 0 Å². The van der Waals surface area contributed by atoms with Crippen molar-refractivity contribution in [3.63, 3.8) is 0 Å². The normalized spacial score (nSPS) is 10.3. The number of hydrogen-bond acceptors (Lipinski definition) is 2. The van der Waals surface area contributed by atoms with Gasteiger partial charge in [-0.25, -0.2) is 4.39 Å². The zero-order valence-corrected chi connectivity index (χ0v) is 8.92. The molecule has 1 aromatic heterocycles. The number of nitrogens with zero attached hydrogens (tertiary/aromatic N) is 1. The van der Waals surface area contributed by atoms with Crippen LogP contribution in [0.3, 0.4) is 0 Å². The maximum absolute atomic E-state index is 13.5. The quantitative estimate of drug-likeness (QED) is 0.764. The van der Waals surface area contributed by atoms with Gasteiger partial charge in [0.1, 0.15) is 5.82 Å². The molecule has 0 bridgehead atoms. The van der Waals surface area contributed by atoms with E-state index in [4.69, 9.17) is 0 Å². The molecule has 0 aliphatic heterocycles. The molecule has 1 nitrogen and oxygen atoms in total. The van der Waals surface area contributed by atoms with Gasteiger partial charge in [-0.15, -0.1) is 0 Å². The lowest BCUT2D eigenvalue weighted by atomic mass is 10.1. The fraction of sp³-hybridized carbons (Fsp3) is 0.0833. The molecule has 0 radical (unpaired) electrons. The maximum atomic E-state index is 13.5. The Morgan fingerprint density at radius 1 is 1.20 bits per heavy atom. The molecule has 0 atom stereocenters. The van der Waals surface area contributed by atoms with Crippen LogP contribution in [0.4, 0.5) is 4.39 Å². The largest absolute Gasteiger partial charge is 0.256 e. The van der Waals surface area contributed by atoms with Crippen LogP contribution in [-0.2, 0) is 5.75 Å². The summed E-state index contributed by atoms with van der Waals surface area (Å²) in [6, 6.07) is 10.3. The first-order valence-electron chi connectivity index (χ1n) is 4.62. The molecule has 15 heavy (non-hydrogen) atoms. The van der Waals surface area contributed by atoms with E-state index in [9.17, 15) is 4.39 Å². The standard InChI is InChI=1S/C12H10FNS/c13-11-4-2-1-3-10(11)12-7-9(8-15)5-6-14-12/h1-7,15H,8H2. The zero-order valence-electron chi connectivity index (χ0n) is 8.02. The Morgan fingerprint density at radius 3 is 2.73 bits per heavy atom. The first kappa shape index (κ1) is 10.2. The Morgan fingerprint density at radius 2 is 2.00 bits per heavy atom. The highest BCUT2D eigenvalue weighted by Crippen LogP contribution is 2.21. The summed E-state index contributed by atoms with van der Waals surface area (Å²) < 4.78 is 13.5. The van der Waals surface area contributed by atoms with Crippen molar-refractivity contribution in [1.29, 1.82) is 0 Å². The SMILES string of the molecule is Fc1ccccc1-c1cc(CS)ccn1. The summed E-state index contributed by atoms with van der Waals surface area (Å²) in [5.41, 5.74) is 2.22. The van der Waals surface area contributed by atoms with E-state index in [2.05, 4.69) is 17.6 Å². The van der Waals surface area contributed by atoms with Crippen molar-refractivity contribution in [2.24, 2.45) is 0 Å². The van der Waals surface area contributed by atoms with Crippen LogP contribution in [0.2, 0.25) is 0 Å². The van der Waals surface area contributed by atoms with Crippen molar-refractivity contribution in [2.75, 3.05) is 0 Å². The van der Waals surface area contributed by atoms with Crippen LogP contribution in [0.1, 0.15) is 5.56 Å². The predicted octanol–water partition coefficient (Wildman–Crippen LogP) is 3.32. The maximum Gasteiger partial charge on any atom is 0.132 e. The first-order chi connectivity index (χ1) is 7.31. The number of halogens is 1. The number of aromatic nitrogens is 1. The van der Waals surface area contributed by atoms with Gasteiger partial charge in [0, 0.05) is 17.5 Å². The molecule has 1 heterocycles. The highest BCUT2D eigenvalue weighted by atomic mass is 32.1. The third kappa shape index (κ3) is 2.18. The predicted molar refractivity (Wildman–Crippen MR) is 62.3 cm³/mol. The van der Waals surface area contributed by atoms with Gasteiger partial charge in [-0.3, -0.25) is 4.98 Å². The summed E-state index contributed by atoms with van der Waals surface area (Å²) in [7, 11) is 0. The molecular weight excluding hydrogens is 209 g/mol. The van der Waals surface area contributed by atoms with E-state index >= 15 is 0 Å². The van der Waals surface area contributed by atoms with Gasteiger partial charge in [-0.2, -0.15) is 12.6 Å². The molecule has 0 aliphatic carbocycles. The molecule has 3 heteroatoms. The van der Waals surface area contributed by atoms with E-state index in [0.29, 0.717) is 17.0 Å². The third-order valence-corrected chi connectivity index (χ3v) is 2.52. The van der Waals surface area contributed by atoms with Crippen molar-refractivity contribution in [3.8, 4) is 11.3 Å². The van der Waals surface area contributed by atoms with Crippen LogP contribution in [0.5, 0.6) is 0 Å². The Labute approximate surface area is 93.4 Å². The van der Waals surface area contributed by atoms with E-state index in [1.165, 1.54) is 6.07 Å². The Kier molecular flexibility index (Phi) is 3.02. The molecule has 0 saturated carbocycles. The van der Waals surface area contributed by atoms with Crippen LogP contribution in [-0.4, -0.2) is 4.98 Å². The minimum Gasteiger partial charge on any atom is -0.256 e. The van der Waals surface area contributed by atoms with Crippen molar-refractivity contribution < 1.29 is 4.39 Å². The van der Waals surface area contributed by atoms with Crippen LogP contribution in [0, 0.1) is 5.82 Å². The highest BCUT2D eigenvalue weighted by molar-refractivity contribution is 7.79. The van der Waals surface area contributed by atoms with Crippen molar-refractivity contribution >= 4 is 12.6 Å². The summed E-state index contributed by atoms with van der Waals surface area (Å²) in [5, 5.41) is 0. The van der Waals surface area contributed by atoms with Crippen molar-refractivity contribution in [3.05, 3.63) is 54.0 Å². The van der Waals surface area contributed by atoms with Gasteiger partial charge in [0.2, 0.25) is 0 Å². The molecule has 76 valence electrons. The van der Waals surface area contributed by atoms with E-state index in [0.717, 1.165) is 5.56 Å². The average Bonchev–Trinajstić information content (AvgIpc) is 2.30. The van der Waals surface area contributed by atoms with Gasteiger partial charge < -0.3 is 0 Å². The number of hydrogen-bond donors (Lipinski definition) is 1. The number of pyridine rings is 1. The van der Waals surface area contributed by atoms with E-state index in [1.807, 2.05) is 12.1 Å². The van der Waals surface area contributed by atoms with Gasteiger partial charge in [0.25, 0.3) is 0 Å². The number of thiol groups is 1. The highest BCUT2D eigenvalue weighted by Gasteiger charge is 2.05. The number of benzene rings is 1. The van der Waals surface area contributed by atoms with Gasteiger partial charge >= 0.3 is 0 Å². The summed E-state index contributed by atoms with van der Waals surface area (Å²) in [5.74, 6) is 0.380. The van der Waals surface area contributed by atoms with Crippen LogP contribution in [0.15, 0.2) is 42.6 Å². The molecule has 2 aromatic rings. The lowest BCUT2D eigenvalue weighted by molar-refractivity contribution is 0.630. The summed E-state index contributed by atoms with van der Waals surface area (Å²) in [6.07, 6.45) is 1.67. The lowest BCUT2D eigenvalue weighted by Gasteiger charge is -2.03. The molecule has 0 fully saturated rings. The fourth-order valence-electron chi connectivity index (χ4n) is 1.39. The van der Waals surface area contributed by atoms with Gasteiger partial charge in [0.15, 0.2) is 0 Å². The van der Waals surface area contributed by atoms with Crippen molar-refractivity contribution in [2.45, 2.75) is 5.75 Å². The topological polar surface area (TPSA) is 12.9 Å². The van der Waals surface area contributed by atoms with Crippen LogP contribution in [0.25, 0.3) is 11.3 Å². The van der Waals surface area contributed by atoms with Gasteiger partial charge in [-0.1, -0.05) is 12.1 Å². The third-order valence-electron chi connectivity index (χ3n) is 2.16. The number of rotatable bonds is 2. The molecule has 1 aromatic carbocycles. The molecule has 0 saturated heterocycles. The molecule has 0 unspecified atom stereocenters. The second-order valence-corrected chi connectivity index (χ2v) is 3.50. The first-order valence-corrected chi connectivity index (χ1v) is 5.25.